The molecule has 4 heteroatoms. The largest absolute Gasteiger partial charge is 0.338 e. The summed E-state index contributed by atoms with van der Waals surface area (Å²) in [5.41, 5.74) is 8.27. The van der Waals surface area contributed by atoms with Gasteiger partial charge in [0, 0.05) is 12.6 Å². The van der Waals surface area contributed by atoms with Crippen molar-refractivity contribution in [1.82, 2.24) is 4.90 Å². The van der Waals surface area contributed by atoms with Gasteiger partial charge in [-0.25, -0.2) is 0 Å². The van der Waals surface area contributed by atoms with Gasteiger partial charge in [0.25, 0.3) is 0 Å². The number of nitrogens with zero attached hydrogens (tertiary/aromatic N) is 1. The fourth-order valence-corrected chi connectivity index (χ4v) is 2.60. The number of hydrogen-bond donors (Lipinski definition) is 1. The molecule has 1 aliphatic rings. The predicted molar refractivity (Wildman–Crippen MR) is 80.5 cm³/mol. The van der Waals surface area contributed by atoms with Gasteiger partial charge in [-0.1, -0.05) is 29.8 Å². The number of aryl methyl sites for hydroxylation is 1. The summed E-state index contributed by atoms with van der Waals surface area (Å²) in [6, 6.07) is 8.50. The highest BCUT2D eigenvalue weighted by Gasteiger charge is 2.29. The molecule has 1 fully saturated rings. The van der Waals surface area contributed by atoms with Crippen molar-refractivity contribution >= 4 is 18.3 Å². The van der Waals surface area contributed by atoms with Crippen LogP contribution in [-0.4, -0.2) is 29.4 Å². The van der Waals surface area contributed by atoms with Crippen molar-refractivity contribution in [2.75, 3.05) is 6.54 Å². The van der Waals surface area contributed by atoms with Crippen LogP contribution in [0, 0.1) is 6.92 Å². The smallest absolute Gasteiger partial charge is 0.239 e. The summed E-state index contributed by atoms with van der Waals surface area (Å²) >= 11 is 0. The highest BCUT2D eigenvalue weighted by Crippen LogP contribution is 2.22. The molecule has 2 rings (SSSR count). The van der Waals surface area contributed by atoms with Gasteiger partial charge in [0.15, 0.2) is 0 Å². The highest BCUT2D eigenvalue weighted by molar-refractivity contribution is 5.85. The van der Waals surface area contributed by atoms with Gasteiger partial charge in [0.2, 0.25) is 5.91 Å². The predicted octanol–water partition coefficient (Wildman–Crippen LogP) is 2.30. The van der Waals surface area contributed by atoms with Crippen molar-refractivity contribution < 1.29 is 4.79 Å². The number of carbonyl (C=O) groups is 1. The van der Waals surface area contributed by atoms with Gasteiger partial charge >= 0.3 is 0 Å². The van der Waals surface area contributed by atoms with E-state index in [1.165, 1.54) is 11.1 Å². The van der Waals surface area contributed by atoms with Crippen molar-refractivity contribution in [2.24, 2.45) is 5.73 Å². The van der Waals surface area contributed by atoms with Gasteiger partial charge in [-0.2, -0.15) is 0 Å². The number of rotatable bonds is 3. The van der Waals surface area contributed by atoms with E-state index in [0.29, 0.717) is 6.04 Å². The molecule has 1 amide bonds. The molecular weight excluding hydrogens is 260 g/mol. The van der Waals surface area contributed by atoms with Crippen LogP contribution in [0.3, 0.4) is 0 Å². The Balaban J connectivity index is 0.00000180. The molecule has 106 valence electrons. The standard InChI is InChI=1S/C15H22N2O.ClH/c1-11-5-7-13(8-6-11)10-14-4-3-9-17(14)15(18)12(2)16;/h5-8,12,14H,3-4,9-10,16H2,1-2H3;1H/t12-,14?;/m0./s1. The van der Waals surface area contributed by atoms with Crippen LogP contribution in [0.1, 0.15) is 30.9 Å². The number of hydrogen-bond acceptors (Lipinski definition) is 2. The van der Waals surface area contributed by atoms with Crippen LogP contribution < -0.4 is 5.73 Å². The second-order valence-corrected chi connectivity index (χ2v) is 5.31. The third-order valence-corrected chi connectivity index (χ3v) is 3.64. The molecule has 19 heavy (non-hydrogen) atoms. The Labute approximate surface area is 121 Å². The average Bonchev–Trinajstić information content (AvgIpc) is 2.79. The number of likely N-dealkylation sites (tertiary alicyclic amines) is 1. The van der Waals surface area contributed by atoms with Crippen LogP contribution in [0.5, 0.6) is 0 Å². The maximum atomic E-state index is 12.0. The van der Waals surface area contributed by atoms with E-state index < -0.39 is 0 Å². The van der Waals surface area contributed by atoms with Crippen molar-refractivity contribution in [3.63, 3.8) is 0 Å². The topological polar surface area (TPSA) is 46.3 Å². The molecule has 0 spiro atoms. The van der Waals surface area contributed by atoms with Gasteiger partial charge in [-0.3, -0.25) is 4.79 Å². The zero-order chi connectivity index (χ0) is 13.1. The zero-order valence-corrected chi connectivity index (χ0v) is 12.5. The average molecular weight is 283 g/mol. The van der Waals surface area contributed by atoms with Crippen molar-refractivity contribution in [2.45, 2.75) is 45.2 Å². The molecule has 2 atom stereocenters. The highest BCUT2D eigenvalue weighted by atomic mass is 35.5. The first-order valence-electron chi connectivity index (χ1n) is 6.69. The maximum Gasteiger partial charge on any atom is 0.239 e. The molecule has 1 unspecified atom stereocenters. The van der Waals surface area contributed by atoms with E-state index in [0.717, 1.165) is 25.8 Å². The van der Waals surface area contributed by atoms with E-state index >= 15 is 0 Å². The van der Waals surface area contributed by atoms with E-state index in [1.54, 1.807) is 6.92 Å². The number of amides is 1. The van der Waals surface area contributed by atoms with E-state index in [2.05, 4.69) is 31.2 Å². The Morgan fingerprint density at radius 1 is 1.42 bits per heavy atom. The first-order chi connectivity index (χ1) is 8.58. The number of carbonyl (C=O) groups excluding carboxylic acids is 1. The minimum absolute atomic E-state index is 0. The molecule has 1 aliphatic heterocycles. The van der Waals surface area contributed by atoms with Crippen LogP contribution in [0.15, 0.2) is 24.3 Å². The van der Waals surface area contributed by atoms with E-state index in [9.17, 15) is 4.79 Å². The van der Waals surface area contributed by atoms with Gasteiger partial charge in [0.05, 0.1) is 6.04 Å². The van der Waals surface area contributed by atoms with Gasteiger partial charge in [-0.05, 0) is 38.7 Å². The molecule has 1 aromatic carbocycles. The zero-order valence-electron chi connectivity index (χ0n) is 11.6. The third kappa shape index (κ3) is 3.95. The quantitative estimate of drug-likeness (QED) is 0.925. The van der Waals surface area contributed by atoms with E-state index in [4.69, 9.17) is 5.73 Å². The lowest BCUT2D eigenvalue weighted by Crippen LogP contribution is -2.45. The summed E-state index contributed by atoms with van der Waals surface area (Å²) < 4.78 is 0. The van der Waals surface area contributed by atoms with Gasteiger partial charge in [0.1, 0.15) is 0 Å². The SMILES string of the molecule is Cc1ccc(CC2CCCN2C(=O)[C@H](C)N)cc1.Cl. The summed E-state index contributed by atoms with van der Waals surface area (Å²) in [5, 5.41) is 0. The summed E-state index contributed by atoms with van der Waals surface area (Å²) in [5.74, 6) is 0.0876. The number of halogens is 1. The fourth-order valence-electron chi connectivity index (χ4n) is 2.60. The molecule has 0 bridgehead atoms. The van der Waals surface area contributed by atoms with Gasteiger partial charge in [-0.15, -0.1) is 12.4 Å². The molecule has 0 saturated carbocycles. The van der Waals surface area contributed by atoms with Crippen LogP contribution in [-0.2, 0) is 11.2 Å². The summed E-state index contributed by atoms with van der Waals surface area (Å²) in [4.78, 5) is 14.0. The Morgan fingerprint density at radius 3 is 2.63 bits per heavy atom. The molecule has 1 heterocycles. The molecule has 2 N–H and O–H groups in total. The lowest BCUT2D eigenvalue weighted by molar-refractivity contribution is -0.132. The second kappa shape index (κ2) is 6.92. The van der Waals surface area contributed by atoms with Crippen molar-refractivity contribution in [3.8, 4) is 0 Å². The van der Waals surface area contributed by atoms with Gasteiger partial charge < -0.3 is 10.6 Å². The lowest BCUT2D eigenvalue weighted by atomic mass is 10.0. The minimum atomic E-state index is -0.386. The van der Waals surface area contributed by atoms with Crippen LogP contribution >= 0.6 is 12.4 Å². The Bertz CT molecular complexity index is 417. The van der Waals surface area contributed by atoms with Crippen molar-refractivity contribution in [3.05, 3.63) is 35.4 Å². The second-order valence-electron chi connectivity index (χ2n) is 5.31. The summed E-state index contributed by atoms with van der Waals surface area (Å²) in [6.07, 6.45) is 3.13. The molecular formula is C15H23ClN2O. The molecule has 0 aliphatic carbocycles. The lowest BCUT2D eigenvalue weighted by Gasteiger charge is -2.26. The normalized spacial score (nSPS) is 19.9. The monoisotopic (exact) mass is 282 g/mol. The first kappa shape index (κ1) is 16.0. The molecule has 1 saturated heterocycles. The van der Waals surface area contributed by atoms with Crippen LogP contribution in [0.4, 0.5) is 0 Å². The van der Waals surface area contributed by atoms with E-state index in [-0.39, 0.29) is 24.4 Å². The Kier molecular flexibility index (Phi) is 5.83. The first-order valence-corrected chi connectivity index (χ1v) is 6.69. The Hall–Kier alpha value is -1.06. The number of benzene rings is 1. The van der Waals surface area contributed by atoms with Crippen LogP contribution in [0.2, 0.25) is 0 Å². The Morgan fingerprint density at radius 2 is 2.05 bits per heavy atom. The molecule has 0 aromatic heterocycles. The third-order valence-electron chi connectivity index (χ3n) is 3.64. The molecule has 1 aromatic rings. The summed E-state index contributed by atoms with van der Waals surface area (Å²) in [7, 11) is 0. The summed E-state index contributed by atoms with van der Waals surface area (Å²) in [6.45, 7) is 4.71. The maximum absolute atomic E-state index is 12.0. The number of nitrogens with two attached hydrogens (primary N) is 1. The minimum Gasteiger partial charge on any atom is -0.338 e. The molecule has 3 nitrogen and oxygen atoms in total. The van der Waals surface area contributed by atoms with Crippen LogP contribution in [0.25, 0.3) is 0 Å². The fraction of sp³-hybridized carbons (Fsp3) is 0.533. The van der Waals surface area contributed by atoms with E-state index in [1.807, 2.05) is 4.90 Å². The van der Waals surface area contributed by atoms with Crippen molar-refractivity contribution in [1.29, 1.82) is 0 Å². The molecule has 0 radical (unpaired) electrons.